The highest BCUT2D eigenvalue weighted by Gasteiger charge is 2.23. The van der Waals surface area contributed by atoms with Crippen LogP contribution >= 0.6 is 0 Å². The minimum absolute atomic E-state index is 0.0546. The number of nitrogens with one attached hydrogen (secondary N) is 1. The molecule has 0 aliphatic heterocycles. The normalized spacial score (nSPS) is 11.3. The topological polar surface area (TPSA) is 84.9 Å². The number of hydrogen-bond donors (Lipinski definition) is 1. The molecule has 0 atom stereocenters. The number of amides is 1. The van der Waals surface area contributed by atoms with Crippen LogP contribution in [0, 0.1) is 0 Å². The summed E-state index contributed by atoms with van der Waals surface area (Å²) in [4.78, 5) is 12.4. The molecular formula is C19H24N2O5S. The zero-order valence-corrected chi connectivity index (χ0v) is 16.7. The summed E-state index contributed by atoms with van der Waals surface area (Å²) in [6.07, 6.45) is 0. The maximum absolute atomic E-state index is 12.5. The van der Waals surface area contributed by atoms with E-state index in [1.807, 2.05) is 31.2 Å². The van der Waals surface area contributed by atoms with Gasteiger partial charge in [-0.25, -0.2) is 12.7 Å². The van der Waals surface area contributed by atoms with Crippen molar-refractivity contribution in [2.45, 2.75) is 18.4 Å². The number of sulfonamides is 1. The van der Waals surface area contributed by atoms with Crippen LogP contribution in [0.25, 0.3) is 0 Å². The summed E-state index contributed by atoms with van der Waals surface area (Å²) in [7, 11) is 0.488. The van der Waals surface area contributed by atoms with Gasteiger partial charge in [-0.05, 0) is 42.8 Å². The SMILES string of the molecule is CCOc1cccc(CNC(=O)c2ccc(OC)c(S(=O)(=O)N(C)C)c2)c1. The number of nitrogens with zero attached hydrogens (tertiary/aromatic N) is 1. The van der Waals surface area contributed by atoms with Gasteiger partial charge < -0.3 is 14.8 Å². The van der Waals surface area contributed by atoms with Crippen molar-refractivity contribution in [3.8, 4) is 11.5 Å². The Morgan fingerprint density at radius 3 is 2.52 bits per heavy atom. The highest BCUT2D eigenvalue weighted by atomic mass is 32.2. The van der Waals surface area contributed by atoms with Crippen molar-refractivity contribution in [2.24, 2.45) is 0 Å². The largest absolute Gasteiger partial charge is 0.495 e. The fourth-order valence-corrected chi connectivity index (χ4v) is 3.49. The first-order valence-corrected chi connectivity index (χ1v) is 9.84. The molecule has 0 aromatic heterocycles. The number of rotatable bonds is 8. The standard InChI is InChI=1S/C19H24N2O5S/c1-5-26-16-8-6-7-14(11-16)13-20-19(22)15-9-10-17(25-4)18(12-15)27(23,24)21(2)3/h6-12H,5,13H2,1-4H3,(H,20,22). The van der Waals surface area contributed by atoms with Gasteiger partial charge in [-0.1, -0.05) is 12.1 Å². The average molecular weight is 392 g/mol. The van der Waals surface area contributed by atoms with E-state index in [-0.39, 0.29) is 22.1 Å². The van der Waals surface area contributed by atoms with Crippen LogP contribution in [-0.4, -0.2) is 46.4 Å². The Kier molecular flexibility index (Phi) is 6.81. The molecule has 0 unspecified atom stereocenters. The molecule has 0 aliphatic rings. The molecule has 7 nitrogen and oxygen atoms in total. The van der Waals surface area contributed by atoms with Crippen molar-refractivity contribution in [2.75, 3.05) is 27.8 Å². The molecule has 0 saturated carbocycles. The summed E-state index contributed by atoms with van der Waals surface area (Å²) < 4.78 is 36.6. The molecular weight excluding hydrogens is 368 g/mol. The highest BCUT2D eigenvalue weighted by molar-refractivity contribution is 7.89. The first-order valence-electron chi connectivity index (χ1n) is 8.40. The quantitative estimate of drug-likeness (QED) is 0.745. The molecule has 1 amide bonds. The van der Waals surface area contributed by atoms with Gasteiger partial charge in [-0.3, -0.25) is 4.79 Å². The van der Waals surface area contributed by atoms with Gasteiger partial charge in [-0.15, -0.1) is 0 Å². The minimum atomic E-state index is -3.74. The number of carbonyl (C=O) groups is 1. The maximum atomic E-state index is 12.5. The second-order valence-corrected chi connectivity index (χ2v) is 8.04. The molecule has 2 aromatic carbocycles. The summed E-state index contributed by atoms with van der Waals surface area (Å²) in [5.41, 5.74) is 1.11. The number of methoxy groups -OCH3 is 1. The molecule has 2 aromatic rings. The van der Waals surface area contributed by atoms with E-state index in [0.717, 1.165) is 15.6 Å². The molecule has 0 aliphatic carbocycles. The lowest BCUT2D eigenvalue weighted by Gasteiger charge is -2.15. The summed E-state index contributed by atoms with van der Waals surface area (Å²) in [5.74, 6) is 0.535. The second kappa shape index (κ2) is 8.88. The van der Waals surface area contributed by atoms with Crippen LogP contribution in [0.3, 0.4) is 0 Å². The fourth-order valence-electron chi connectivity index (χ4n) is 2.41. The van der Waals surface area contributed by atoms with Crippen molar-refractivity contribution < 1.29 is 22.7 Å². The third-order valence-electron chi connectivity index (χ3n) is 3.85. The van der Waals surface area contributed by atoms with Crippen LogP contribution in [0.4, 0.5) is 0 Å². The van der Waals surface area contributed by atoms with E-state index in [1.54, 1.807) is 0 Å². The molecule has 0 saturated heterocycles. The van der Waals surface area contributed by atoms with Gasteiger partial charge in [0.2, 0.25) is 10.0 Å². The molecule has 146 valence electrons. The number of ether oxygens (including phenoxy) is 2. The van der Waals surface area contributed by atoms with E-state index >= 15 is 0 Å². The van der Waals surface area contributed by atoms with Crippen LogP contribution < -0.4 is 14.8 Å². The van der Waals surface area contributed by atoms with E-state index in [9.17, 15) is 13.2 Å². The zero-order valence-electron chi connectivity index (χ0n) is 15.9. The molecule has 0 radical (unpaired) electrons. The van der Waals surface area contributed by atoms with Crippen LogP contribution in [0.2, 0.25) is 0 Å². The number of hydrogen-bond acceptors (Lipinski definition) is 5. The number of benzene rings is 2. The molecule has 0 bridgehead atoms. The summed E-state index contributed by atoms with van der Waals surface area (Å²) in [6.45, 7) is 2.75. The fraction of sp³-hybridized carbons (Fsp3) is 0.316. The van der Waals surface area contributed by atoms with Crippen molar-refractivity contribution in [1.82, 2.24) is 9.62 Å². The van der Waals surface area contributed by atoms with Gasteiger partial charge in [0.1, 0.15) is 16.4 Å². The lowest BCUT2D eigenvalue weighted by atomic mass is 10.2. The van der Waals surface area contributed by atoms with Crippen molar-refractivity contribution in [3.05, 3.63) is 53.6 Å². The van der Waals surface area contributed by atoms with Gasteiger partial charge in [-0.2, -0.15) is 0 Å². The van der Waals surface area contributed by atoms with E-state index in [2.05, 4.69) is 5.32 Å². The summed E-state index contributed by atoms with van der Waals surface area (Å²) in [5, 5.41) is 2.79. The Balaban J connectivity index is 2.21. The van der Waals surface area contributed by atoms with Gasteiger partial charge in [0.25, 0.3) is 5.91 Å². The zero-order chi connectivity index (χ0) is 20.0. The van der Waals surface area contributed by atoms with Crippen molar-refractivity contribution in [3.63, 3.8) is 0 Å². The first-order chi connectivity index (χ1) is 12.8. The molecule has 8 heteroatoms. The highest BCUT2D eigenvalue weighted by Crippen LogP contribution is 2.27. The average Bonchev–Trinajstić information content (AvgIpc) is 2.66. The maximum Gasteiger partial charge on any atom is 0.251 e. The minimum Gasteiger partial charge on any atom is -0.495 e. The Hall–Kier alpha value is -2.58. The Bertz CT molecular complexity index is 910. The first kappa shape index (κ1) is 20.7. The lowest BCUT2D eigenvalue weighted by Crippen LogP contribution is -2.25. The van der Waals surface area contributed by atoms with E-state index < -0.39 is 10.0 Å². The molecule has 2 rings (SSSR count). The van der Waals surface area contributed by atoms with Gasteiger partial charge in [0, 0.05) is 26.2 Å². The van der Waals surface area contributed by atoms with Crippen LogP contribution in [0.1, 0.15) is 22.8 Å². The molecule has 1 N–H and O–H groups in total. The molecule has 0 heterocycles. The van der Waals surface area contributed by atoms with E-state index in [0.29, 0.717) is 13.2 Å². The van der Waals surface area contributed by atoms with E-state index in [4.69, 9.17) is 9.47 Å². The Morgan fingerprint density at radius 2 is 1.89 bits per heavy atom. The summed E-state index contributed by atoms with van der Waals surface area (Å²) in [6, 6.07) is 11.7. The van der Waals surface area contributed by atoms with E-state index in [1.165, 1.54) is 39.4 Å². The Morgan fingerprint density at radius 1 is 1.15 bits per heavy atom. The predicted molar refractivity (Wildman–Crippen MR) is 103 cm³/mol. The smallest absolute Gasteiger partial charge is 0.251 e. The monoisotopic (exact) mass is 392 g/mol. The van der Waals surface area contributed by atoms with Gasteiger partial charge in [0.05, 0.1) is 13.7 Å². The van der Waals surface area contributed by atoms with Crippen LogP contribution in [0.15, 0.2) is 47.4 Å². The van der Waals surface area contributed by atoms with Gasteiger partial charge in [0.15, 0.2) is 0 Å². The third-order valence-corrected chi connectivity index (χ3v) is 5.68. The van der Waals surface area contributed by atoms with Gasteiger partial charge >= 0.3 is 0 Å². The predicted octanol–water partition coefficient (Wildman–Crippen LogP) is 2.27. The second-order valence-electron chi connectivity index (χ2n) is 5.92. The van der Waals surface area contributed by atoms with Crippen LogP contribution in [0.5, 0.6) is 11.5 Å². The third kappa shape index (κ3) is 4.99. The Labute approximate surface area is 160 Å². The van der Waals surface area contributed by atoms with Crippen LogP contribution in [-0.2, 0) is 16.6 Å². The summed E-state index contributed by atoms with van der Waals surface area (Å²) >= 11 is 0. The van der Waals surface area contributed by atoms with Crippen molar-refractivity contribution in [1.29, 1.82) is 0 Å². The molecule has 0 spiro atoms. The lowest BCUT2D eigenvalue weighted by molar-refractivity contribution is 0.0950. The van der Waals surface area contributed by atoms with Crippen molar-refractivity contribution >= 4 is 15.9 Å². The molecule has 27 heavy (non-hydrogen) atoms. The molecule has 0 fully saturated rings. The number of carbonyl (C=O) groups excluding carboxylic acids is 1.